The Hall–Kier alpha value is -0.590. The van der Waals surface area contributed by atoms with Gasteiger partial charge in [-0.15, -0.1) is 5.10 Å². The van der Waals surface area contributed by atoms with Crippen LogP contribution in [0, 0.1) is 0 Å². The maximum absolute atomic E-state index is 5.91. The van der Waals surface area contributed by atoms with Crippen molar-refractivity contribution in [3.8, 4) is 0 Å². The Morgan fingerprint density at radius 1 is 1.47 bits per heavy atom. The van der Waals surface area contributed by atoms with E-state index in [2.05, 4.69) is 35.3 Å². The van der Waals surface area contributed by atoms with Crippen LogP contribution in [0.25, 0.3) is 0 Å². The van der Waals surface area contributed by atoms with Crippen molar-refractivity contribution < 1.29 is 4.42 Å². The number of thioether (sulfide) groups is 1. The maximum Gasteiger partial charge on any atom is 0.256 e. The van der Waals surface area contributed by atoms with Crippen molar-refractivity contribution in [1.82, 2.24) is 14.6 Å². The summed E-state index contributed by atoms with van der Waals surface area (Å²) < 4.78 is 10.0. The van der Waals surface area contributed by atoms with Crippen LogP contribution in [0.2, 0.25) is 4.34 Å². The molecule has 0 fully saturated rings. The smallest absolute Gasteiger partial charge is 0.256 e. The molecule has 0 spiro atoms. The Bertz CT molecular complexity index is 504. The molecule has 92 valence electrons. The van der Waals surface area contributed by atoms with Crippen LogP contribution in [0.5, 0.6) is 0 Å². The molecule has 0 saturated heterocycles. The van der Waals surface area contributed by atoms with Gasteiger partial charge in [-0.05, 0) is 0 Å². The van der Waals surface area contributed by atoms with Crippen LogP contribution in [0.4, 0.5) is 0 Å². The van der Waals surface area contributed by atoms with Crippen LogP contribution < -0.4 is 0 Å². The molecule has 2 heterocycles. The van der Waals surface area contributed by atoms with Crippen LogP contribution in [0.3, 0.4) is 0 Å². The molecule has 0 radical (unpaired) electrons. The molecule has 0 unspecified atom stereocenters. The summed E-state index contributed by atoms with van der Waals surface area (Å²) in [6.45, 7) is 6.26. The highest BCUT2D eigenvalue weighted by atomic mass is 35.5. The number of hydrogen-bond donors (Lipinski definition) is 0. The van der Waals surface area contributed by atoms with Gasteiger partial charge in [-0.3, -0.25) is 0 Å². The number of halogens is 1. The number of oxazole rings is 1. The molecule has 0 atom stereocenters. The Morgan fingerprint density at radius 3 is 2.76 bits per heavy atom. The largest absolute Gasteiger partial charge is 0.436 e. The van der Waals surface area contributed by atoms with E-state index < -0.39 is 0 Å². The topological polar surface area (TPSA) is 51.8 Å². The van der Waals surface area contributed by atoms with Gasteiger partial charge in [0.25, 0.3) is 5.22 Å². The zero-order valence-corrected chi connectivity index (χ0v) is 12.1. The quantitative estimate of drug-likeness (QED) is 0.805. The van der Waals surface area contributed by atoms with E-state index in [1.54, 1.807) is 6.20 Å². The van der Waals surface area contributed by atoms with E-state index in [-0.39, 0.29) is 5.41 Å². The molecule has 0 amide bonds. The van der Waals surface area contributed by atoms with Crippen molar-refractivity contribution in [3.05, 3.63) is 22.0 Å². The number of aromatic nitrogens is 3. The van der Waals surface area contributed by atoms with Crippen molar-refractivity contribution >= 4 is 34.9 Å². The van der Waals surface area contributed by atoms with E-state index in [4.69, 9.17) is 16.0 Å². The van der Waals surface area contributed by atoms with Gasteiger partial charge in [0.1, 0.15) is 15.8 Å². The molecule has 2 aromatic heterocycles. The van der Waals surface area contributed by atoms with Gasteiger partial charge in [0.2, 0.25) is 0 Å². The first-order chi connectivity index (χ1) is 7.97. The van der Waals surface area contributed by atoms with E-state index >= 15 is 0 Å². The summed E-state index contributed by atoms with van der Waals surface area (Å²) in [4.78, 5) is 4.22. The van der Waals surface area contributed by atoms with Crippen LogP contribution in [-0.2, 0) is 11.2 Å². The number of rotatable bonds is 3. The third-order valence-electron chi connectivity index (χ3n) is 2.07. The molecule has 2 rings (SSSR count). The maximum atomic E-state index is 5.91. The fourth-order valence-electron chi connectivity index (χ4n) is 1.08. The van der Waals surface area contributed by atoms with Crippen molar-refractivity contribution in [2.45, 2.75) is 37.2 Å². The fourth-order valence-corrected chi connectivity index (χ4v) is 2.62. The summed E-state index contributed by atoms with van der Waals surface area (Å²) in [7, 11) is 0. The summed E-state index contributed by atoms with van der Waals surface area (Å²) in [6.07, 6.45) is 1.77. The minimum absolute atomic E-state index is 0.0222. The molecule has 0 saturated carbocycles. The van der Waals surface area contributed by atoms with Crippen molar-refractivity contribution in [2.75, 3.05) is 0 Å². The van der Waals surface area contributed by atoms with Crippen LogP contribution in [0.15, 0.2) is 15.8 Å². The highest BCUT2D eigenvalue weighted by molar-refractivity contribution is 7.98. The van der Waals surface area contributed by atoms with Crippen molar-refractivity contribution in [2.24, 2.45) is 0 Å². The Kier molecular flexibility index (Phi) is 3.75. The van der Waals surface area contributed by atoms with Crippen molar-refractivity contribution in [3.63, 3.8) is 0 Å². The monoisotopic (exact) mass is 289 g/mol. The standard InChI is InChI=1S/C10H12ClN3OS2/c1-10(2,3)7-4-12-9(15-7)16-5-6-8(11)17-14-13-6/h4H,5H2,1-3H3. The summed E-state index contributed by atoms with van der Waals surface area (Å²) in [6, 6.07) is 0. The Balaban J connectivity index is 2.01. The van der Waals surface area contributed by atoms with Gasteiger partial charge in [0, 0.05) is 22.7 Å². The lowest BCUT2D eigenvalue weighted by molar-refractivity contribution is 0.355. The zero-order valence-electron chi connectivity index (χ0n) is 9.73. The van der Waals surface area contributed by atoms with E-state index in [9.17, 15) is 0 Å². The molecule has 0 aliphatic carbocycles. The molecule has 0 aliphatic rings. The highest BCUT2D eigenvalue weighted by Gasteiger charge is 2.19. The highest BCUT2D eigenvalue weighted by Crippen LogP contribution is 2.30. The molecule has 17 heavy (non-hydrogen) atoms. The van der Waals surface area contributed by atoms with Crippen LogP contribution in [0.1, 0.15) is 32.2 Å². The fraction of sp³-hybridized carbons (Fsp3) is 0.500. The zero-order chi connectivity index (χ0) is 12.5. The van der Waals surface area contributed by atoms with Crippen molar-refractivity contribution in [1.29, 1.82) is 0 Å². The predicted molar refractivity (Wildman–Crippen MR) is 69.7 cm³/mol. The first-order valence-electron chi connectivity index (χ1n) is 5.02. The first-order valence-corrected chi connectivity index (χ1v) is 7.16. The number of hydrogen-bond acceptors (Lipinski definition) is 6. The van der Waals surface area contributed by atoms with E-state index in [0.29, 0.717) is 15.3 Å². The molecule has 7 heteroatoms. The molecule has 4 nitrogen and oxygen atoms in total. The van der Waals surface area contributed by atoms with Gasteiger partial charge >= 0.3 is 0 Å². The van der Waals surface area contributed by atoms with E-state index in [0.717, 1.165) is 11.5 Å². The minimum Gasteiger partial charge on any atom is -0.436 e. The molecule has 0 aliphatic heterocycles. The van der Waals surface area contributed by atoms with Gasteiger partial charge in [-0.1, -0.05) is 48.6 Å². The van der Waals surface area contributed by atoms with Crippen LogP contribution >= 0.6 is 34.9 Å². The second-order valence-electron chi connectivity index (χ2n) is 4.52. The molecule has 0 N–H and O–H groups in total. The van der Waals surface area contributed by atoms with Gasteiger partial charge < -0.3 is 4.42 Å². The van der Waals surface area contributed by atoms with Gasteiger partial charge in [0.05, 0.1) is 6.20 Å². The second-order valence-corrected chi connectivity index (χ2v) is 6.81. The lowest BCUT2D eigenvalue weighted by atomic mass is 9.94. The normalized spacial score (nSPS) is 12.0. The minimum atomic E-state index is -0.0222. The lowest BCUT2D eigenvalue weighted by Crippen LogP contribution is -2.09. The first kappa shape index (κ1) is 12.9. The second kappa shape index (κ2) is 4.96. The third-order valence-corrected chi connectivity index (χ3v) is 3.90. The number of nitrogens with zero attached hydrogens (tertiary/aromatic N) is 3. The summed E-state index contributed by atoms with van der Waals surface area (Å²) in [5.41, 5.74) is 0.753. The van der Waals surface area contributed by atoms with Gasteiger partial charge in [0.15, 0.2) is 0 Å². The van der Waals surface area contributed by atoms with Gasteiger partial charge in [-0.25, -0.2) is 4.98 Å². The average Bonchev–Trinajstić information content (AvgIpc) is 2.82. The van der Waals surface area contributed by atoms with E-state index in [1.807, 2.05) is 0 Å². The van der Waals surface area contributed by atoms with Gasteiger partial charge in [-0.2, -0.15) is 0 Å². The van der Waals surface area contributed by atoms with Crippen LogP contribution in [-0.4, -0.2) is 14.6 Å². The molecule has 0 aromatic carbocycles. The third kappa shape index (κ3) is 3.20. The molecule has 0 bridgehead atoms. The SMILES string of the molecule is CC(C)(C)c1cnc(SCc2nnsc2Cl)o1. The average molecular weight is 290 g/mol. The summed E-state index contributed by atoms with van der Waals surface area (Å²) >= 11 is 8.57. The Labute approximate surface area is 113 Å². The van der Waals surface area contributed by atoms with E-state index in [1.165, 1.54) is 23.3 Å². The predicted octanol–water partition coefficient (Wildman–Crippen LogP) is 3.77. The lowest BCUT2D eigenvalue weighted by Gasteiger charge is -2.12. The molecule has 2 aromatic rings. The molecular formula is C10H12ClN3OS2. The molecular weight excluding hydrogens is 278 g/mol. The Morgan fingerprint density at radius 2 is 2.24 bits per heavy atom. The summed E-state index contributed by atoms with van der Waals surface area (Å²) in [5.74, 6) is 1.50. The summed E-state index contributed by atoms with van der Waals surface area (Å²) in [5, 5.41) is 4.57.